The zero-order valence-corrected chi connectivity index (χ0v) is 12.8. The van der Waals surface area contributed by atoms with Crippen LogP contribution in [0, 0.1) is 5.92 Å². The van der Waals surface area contributed by atoms with Gasteiger partial charge >= 0.3 is 5.97 Å². The quantitative estimate of drug-likeness (QED) is 0.881. The zero-order valence-electron chi connectivity index (χ0n) is 12.8. The van der Waals surface area contributed by atoms with E-state index in [-0.39, 0.29) is 17.7 Å². The molecule has 2 amide bonds. The largest absolute Gasteiger partial charge is 0.481 e. The number of hydrogen-bond acceptors (Lipinski definition) is 3. The molecule has 2 aliphatic rings. The first-order chi connectivity index (χ1) is 11.0. The van der Waals surface area contributed by atoms with Gasteiger partial charge in [-0.25, -0.2) is 0 Å². The Morgan fingerprint density at radius 2 is 1.52 bits per heavy atom. The minimum atomic E-state index is -0.789. The van der Waals surface area contributed by atoms with Crippen molar-refractivity contribution in [2.45, 2.75) is 31.7 Å². The lowest BCUT2D eigenvalue weighted by atomic mass is 9.96. The van der Waals surface area contributed by atoms with Crippen LogP contribution in [0.5, 0.6) is 0 Å². The summed E-state index contributed by atoms with van der Waals surface area (Å²) in [5.41, 5.74) is 1.08. The molecule has 6 nitrogen and oxygen atoms in total. The minimum absolute atomic E-state index is 0.103. The number of carbonyl (C=O) groups excluding carboxylic acids is 2. The number of hydrogen-bond donors (Lipinski definition) is 2. The first-order valence-electron chi connectivity index (χ1n) is 7.97. The van der Waals surface area contributed by atoms with E-state index in [0.717, 1.165) is 12.8 Å². The Hall–Kier alpha value is -2.37. The number of carboxylic acids is 1. The molecule has 0 unspecified atom stereocenters. The van der Waals surface area contributed by atoms with Crippen LogP contribution in [0.25, 0.3) is 0 Å². The number of nitrogens with one attached hydrogen (secondary N) is 1. The highest BCUT2D eigenvalue weighted by molar-refractivity contribution is 5.98. The van der Waals surface area contributed by atoms with Crippen LogP contribution in [0.2, 0.25) is 0 Å². The van der Waals surface area contributed by atoms with Crippen molar-refractivity contribution in [3.05, 3.63) is 35.4 Å². The third-order valence-corrected chi connectivity index (χ3v) is 4.44. The molecule has 0 radical (unpaired) electrons. The summed E-state index contributed by atoms with van der Waals surface area (Å²) >= 11 is 0. The van der Waals surface area contributed by atoms with Gasteiger partial charge in [-0.1, -0.05) is 0 Å². The van der Waals surface area contributed by atoms with Gasteiger partial charge in [0.05, 0.1) is 5.92 Å². The Morgan fingerprint density at radius 3 is 2.04 bits per heavy atom. The lowest BCUT2D eigenvalue weighted by Gasteiger charge is -2.30. The fourth-order valence-corrected chi connectivity index (χ4v) is 2.77. The Balaban J connectivity index is 1.59. The Labute approximate surface area is 134 Å². The molecule has 1 aliphatic carbocycles. The van der Waals surface area contributed by atoms with Crippen LogP contribution in [0.1, 0.15) is 46.4 Å². The van der Waals surface area contributed by atoms with Crippen molar-refractivity contribution in [1.82, 2.24) is 10.2 Å². The number of rotatable bonds is 4. The van der Waals surface area contributed by atoms with Gasteiger partial charge in [0.1, 0.15) is 0 Å². The van der Waals surface area contributed by atoms with Gasteiger partial charge < -0.3 is 15.3 Å². The summed E-state index contributed by atoms with van der Waals surface area (Å²) in [6.07, 6.45) is 3.05. The van der Waals surface area contributed by atoms with E-state index in [1.807, 2.05) is 0 Å². The fraction of sp³-hybridized carbons (Fsp3) is 0.471. The molecule has 3 rings (SSSR count). The maximum Gasteiger partial charge on any atom is 0.306 e. The van der Waals surface area contributed by atoms with Crippen molar-refractivity contribution in [2.24, 2.45) is 5.92 Å². The highest BCUT2D eigenvalue weighted by atomic mass is 16.4. The average molecular weight is 316 g/mol. The van der Waals surface area contributed by atoms with E-state index in [0.29, 0.717) is 43.1 Å². The lowest BCUT2D eigenvalue weighted by Crippen LogP contribution is -2.40. The highest BCUT2D eigenvalue weighted by Gasteiger charge is 2.28. The van der Waals surface area contributed by atoms with Crippen molar-refractivity contribution in [3.8, 4) is 0 Å². The molecule has 2 N–H and O–H groups in total. The first-order valence-corrected chi connectivity index (χ1v) is 7.97. The third-order valence-electron chi connectivity index (χ3n) is 4.44. The van der Waals surface area contributed by atoms with E-state index < -0.39 is 5.97 Å². The average Bonchev–Trinajstić information content (AvgIpc) is 3.38. The first kappa shape index (κ1) is 15.5. The highest BCUT2D eigenvalue weighted by Crippen LogP contribution is 2.21. The molecule has 0 aromatic heterocycles. The zero-order chi connectivity index (χ0) is 16.4. The number of piperidine rings is 1. The van der Waals surface area contributed by atoms with Crippen LogP contribution < -0.4 is 5.32 Å². The molecule has 0 spiro atoms. The maximum absolute atomic E-state index is 12.4. The van der Waals surface area contributed by atoms with Crippen molar-refractivity contribution in [1.29, 1.82) is 0 Å². The Kier molecular flexibility index (Phi) is 4.32. The van der Waals surface area contributed by atoms with Gasteiger partial charge in [0.2, 0.25) is 0 Å². The van der Waals surface area contributed by atoms with E-state index in [2.05, 4.69) is 5.32 Å². The molecule has 6 heteroatoms. The molecule has 0 atom stereocenters. The van der Waals surface area contributed by atoms with Crippen LogP contribution in [-0.4, -0.2) is 46.9 Å². The van der Waals surface area contributed by atoms with Crippen LogP contribution in [0.15, 0.2) is 24.3 Å². The van der Waals surface area contributed by atoms with Gasteiger partial charge in [-0.05, 0) is 49.9 Å². The molecule has 0 bridgehead atoms. The molecule has 1 aromatic rings. The molecule has 1 aromatic carbocycles. The monoisotopic (exact) mass is 316 g/mol. The van der Waals surface area contributed by atoms with Crippen molar-refractivity contribution in [3.63, 3.8) is 0 Å². The van der Waals surface area contributed by atoms with Gasteiger partial charge in [0, 0.05) is 30.3 Å². The second-order valence-corrected chi connectivity index (χ2v) is 6.23. The molecular weight excluding hydrogens is 296 g/mol. The predicted octanol–water partition coefficient (Wildman–Crippen LogP) is 1.52. The number of nitrogens with zero attached hydrogens (tertiary/aromatic N) is 1. The summed E-state index contributed by atoms with van der Waals surface area (Å²) in [6.45, 7) is 0.916. The lowest BCUT2D eigenvalue weighted by molar-refractivity contribution is -0.143. The summed E-state index contributed by atoms with van der Waals surface area (Å²) < 4.78 is 0. The number of carboxylic acid groups (broad SMARTS) is 1. The van der Waals surface area contributed by atoms with Gasteiger partial charge in [-0.3, -0.25) is 14.4 Å². The summed E-state index contributed by atoms with van der Waals surface area (Å²) in [5.74, 6) is -1.35. The van der Waals surface area contributed by atoms with Gasteiger partial charge in [-0.15, -0.1) is 0 Å². The molecule has 1 saturated carbocycles. The SMILES string of the molecule is O=C(NC1CC1)c1ccc(C(=O)N2CCC(C(=O)O)CC2)cc1. The number of carbonyl (C=O) groups is 3. The molecular formula is C17H20N2O4. The van der Waals surface area contributed by atoms with Crippen molar-refractivity contribution < 1.29 is 19.5 Å². The van der Waals surface area contributed by atoms with E-state index in [4.69, 9.17) is 5.11 Å². The normalized spacial score (nSPS) is 18.5. The Morgan fingerprint density at radius 1 is 0.957 bits per heavy atom. The summed E-state index contributed by atoms with van der Waals surface area (Å²) in [4.78, 5) is 37.0. The second-order valence-electron chi connectivity index (χ2n) is 6.23. The third kappa shape index (κ3) is 3.70. The minimum Gasteiger partial charge on any atom is -0.481 e. The van der Waals surface area contributed by atoms with E-state index in [1.54, 1.807) is 29.2 Å². The smallest absolute Gasteiger partial charge is 0.306 e. The predicted molar refractivity (Wildman–Crippen MR) is 83.2 cm³/mol. The number of likely N-dealkylation sites (tertiary alicyclic amines) is 1. The molecule has 122 valence electrons. The van der Waals surface area contributed by atoms with Gasteiger partial charge in [0.15, 0.2) is 0 Å². The van der Waals surface area contributed by atoms with E-state index >= 15 is 0 Å². The fourth-order valence-electron chi connectivity index (χ4n) is 2.77. The van der Waals surface area contributed by atoms with Crippen molar-refractivity contribution >= 4 is 17.8 Å². The van der Waals surface area contributed by atoms with Crippen molar-refractivity contribution in [2.75, 3.05) is 13.1 Å². The number of aliphatic carboxylic acids is 1. The van der Waals surface area contributed by atoms with Gasteiger partial charge in [-0.2, -0.15) is 0 Å². The van der Waals surface area contributed by atoms with Crippen LogP contribution in [0.4, 0.5) is 0 Å². The molecule has 1 aliphatic heterocycles. The molecule has 2 fully saturated rings. The van der Waals surface area contributed by atoms with Gasteiger partial charge in [0.25, 0.3) is 11.8 Å². The van der Waals surface area contributed by atoms with E-state index in [9.17, 15) is 14.4 Å². The molecule has 1 saturated heterocycles. The summed E-state index contributed by atoms with van der Waals surface area (Å²) in [7, 11) is 0. The molecule has 23 heavy (non-hydrogen) atoms. The Bertz CT molecular complexity index is 614. The molecule has 1 heterocycles. The summed E-state index contributed by atoms with van der Waals surface area (Å²) in [5, 5.41) is 11.9. The maximum atomic E-state index is 12.4. The number of amides is 2. The summed E-state index contributed by atoms with van der Waals surface area (Å²) in [6, 6.07) is 6.95. The van der Waals surface area contributed by atoms with Crippen LogP contribution in [-0.2, 0) is 4.79 Å². The number of benzene rings is 1. The topological polar surface area (TPSA) is 86.7 Å². The van der Waals surface area contributed by atoms with E-state index in [1.165, 1.54) is 0 Å². The second kappa shape index (κ2) is 6.40. The van der Waals surface area contributed by atoms with Crippen LogP contribution >= 0.6 is 0 Å². The van der Waals surface area contributed by atoms with Crippen LogP contribution in [0.3, 0.4) is 0 Å². The standard InChI is InChI=1S/C17H20N2O4/c20-15(18-14-5-6-14)11-1-3-12(4-2-11)16(21)19-9-7-13(8-10-19)17(22)23/h1-4,13-14H,5-10H2,(H,18,20)(H,22,23).